The Morgan fingerprint density at radius 1 is 1.16 bits per heavy atom. The van der Waals surface area contributed by atoms with Gasteiger partial charge in [0.15, 0.2) is 0 Å². The van der Waals surface area contributed by atoms with E-state index in [1.54, 1.807) is 30.1 Å². The van der Waals surface area contributed by atoms with Gasteiger partial charge < -0.3 is 4.90 Å². The van der Waals surface area contributed by atoms with E-state index < -0.39 is 0 Å². The summed E-state index contributed by atoms with van der Waals surface area (Å²) in [6, 6.07) is 14.6. The zero-order chi connectivity index (χ0) is 18.0. The normalized spacial score (nSPS) is 10.8. The minimum atomic E-state index is -0.259. The van der Waals surface area contributed by atoms with E-state index in [0.29, 0.717) is 17.0 Å². The van der Waals surface area contributed by atoms with Crippen LogP contribution in [0, 0.1) is 6.92 Å². The second-order valence-corrected chi connectivity index (χ2v) is 6.41. The average molecular weight is 356 g/mol. The van der Waals surface area contributed by atoms with Gasteiger partial charge in [-0.1, -0.05) is 41.9 Å². The maximum Gasteiger partial charge on any atom is 0.275 e. The largest absolute Gasteiger partial charge is 0.340 e. The van der Waals surface area contributed by atoms with Crippen molar-refractivity contribution < 1.29 is 4.79 Å². The summed E-state index contributed by atoms with van der Waals surface area (Å²) in [6.07, 6.45) is 0. The van der Waals surface area contributed by atoms with E-state index in [1.165, 1.54) is 4.68 Å². The second kappa shape index (κ2) is 7.07. The predicted molar refractivity (Wildman–Crippen MR) is 98.7 cm³/mol. The Morgan fingerprint density at radius 2 is 1.88 bits per heavy atom. The molecule has 25 heavy (non-hydrogen) atoms. The Kier molecular flexibility index (Phi) is 4.86. The van der Waals surface area contributed by atoms with Crippen LogP contribution in [-0.4, -0.2) is 27.6 Å². The Morgan fingerprint density at radius 3 is 2.60 bits per heavy atom. The fourth-order valence-corrected chi connectivity index (χ4v) is 2.97. The van der Waals surface area contributed by atoms with Crippen LogP contribution in [0.15, 0.2) is 53.3 Å². The minimum Gasteiger partial charge on any atom is -0.340 e. The molecule has 0 N–H and O–H groups in total. The molecular formula is C19H18ClN3O2. The monoisotopic (exact) mass is 355 g/mol. The molecule has 0 atom stereocenters. The summed E-state index contributed by atoms with van der Waals surface area (Å²) >= 11 is 5.97. The average Bonchev–Trinajstić information content (AvgIpc) is 2.59. The summed E-state index contributed by atoms with van der Waals surface area (Å²) in [4.78, 5) is 26.6. The quantitative estimate of drug-likeness (QED) is 0.723. The molecule has 0 bridgehead atoms. The van der Waals surface area contributed by atoms with E-state index >= 15 is 0 Å². The number of fused-ring (bicyclic) bond motifs is 1. The first-order valence-electron chi connectivity index (χ1n) is 7.90. The molecule has 1 amide bonds. The number of aryl methyl sites for hydroxylation is 1. The lowest BCUT2D eigenvalue weighted by molar-refractivity contribution is -0.131. The van der Waals surface area contributed by atoms with Crippen LogP contribution in [-0.2, 0) is 17.9 Å². The topological polar surface area (TPSA) is 55.2 Å². The third-order valence-electron chi connectivity index (χ3n) is 4.07. The molecule has 0 fully saturated rings. The lowest BCUT2D eigenvalue weighted by atomic mass is 10.1. The van der Waals surface area contributed by atoms with Gasteiger partial charge in [0.2, 0.25) is 5.91 Å². The van der Waals surface area contributed by atoms with Gasteiger partial charge >= 0.3 is 0 Å². The summed E-state index contributed by atoms with van der Waals surface area (Å²) in [6.45, 7) is 2.15. The fraction of sp³-hybridized carbons (Fsp3) is 0.211. The number of halogens is 1. The molecule has 5 nitrogen and oxygen atoms in total. The molecule has 3 rings (SSSR count). The fourth-order valence-electron chi connectivity index (χ4n) is 2.76. The number of likely N-dealkylation sites (N-methyl/N-ethyl adjacent to an activating group) is 1. The van der Waals surface area contributed by atoms with E-state index in [-0.39, 0.29) is 18.0 Å². The lowest BCUT2D eigenvalue weighted by Gasteiger charge is -2.18. The highest BCUT2D eigenvalue weighted by Crippen LogP contribution is 2.13. The van der Waals surface area contributed by atoms with Crippen molar-refractivity contribution in [3.8, 4) is 0 Å². The summed E-state index contributed by atoms with van der Waals surface area (Å²) in [5.41, 5.74) is 1.39. The van der Waals surface area contributed by atoms with Crippen LogP contribution in [0.2, 0.25) is 5.02 Å². The van der Waals surface area contributed by atoms with Crippen molar-refractivity contribution in [3.63, 3.8) is 0 Å². The van der Waals surface area contributed by atoms with Gasteiger partial charge in [-0.2, -0.15) is 5.10 Å². The molecule has 128 valence electrons. The molecule has 0 unspecified atom stereocenters. The smallest absolute Gasteiger partial charge is 0.275 e. The van der Waals surface area contributed by atoms with Crippen LogP contribution in [0.1, 0.15) is 11.3 Å². The molecule has 3 aromatic rings. The summed E-state index contributed by atoms with van der Waals surface area (Å²) < 4.78 is 1.23. The molecule has 0 radical (unpaired) electrons. The predicted octanol–water partition coefficient (Wildman–Crippen LogP) is 3.02. The van der Waals surface area contributed by atoms with Gasteiger partial charge in [-0.15, -0.1) is 0 Å². The summed E-state index contributed by atoms with van der Waals surface area (Å²) in [5, 5.41) is 6.28. The zero-order valence-corrected chi connectivity index (χ0v) is 14.8. The van der Waals surface area contributed by atoms with Gasteiger partial charge in [0.1, 0.15) is 6.54 Å². The van der Waals surface area contributed by atoms with Gasteiger partial charge in [-0.05, 0) is 30.7 Å². The number of rotatable bonds is 4. The first kappa shape index (κ1) is 17.2. The molecule has 1 aromatic heterocycles. The van der Waals surface area contributed by atoms with Crippen molar-refractivity contribution in [3.05, 3.63) is 75.2 Å². The first-order chi connectivity index (χ1) is 12.0. The summed E-state index contributed by atoms with van der Waals surface area (Å²) in [7, 11) is 1.70. The van der Waals surface area contributed by atoms with Gasteiger partial charge in [0.25, 0.3) is 5.56 Å². The molecule has 0 spiro atoms. The van der Waals surface area contributed by atoms with Crippen molar-refractivity contribution in [1.29, 1.82) is 0 Å². The van der Waals surface area contributed by atoms with Crippen molar-refractivity contribution in [2.75, 3.05) is 7.05 Å². The molecule has 0 saturated heterocycles. The van der Waals surface area contributed by atoms with E-state index in [2.05, 4.69) is 5.10 Å². The third-order valence-corrected chi connectivity index (χ3v) is 4.31. The maximum atomic E-state index is 12.6. The Labute approximate surface area is 150 Å². The Bertz CT molecular complexity index is 997. The van der Waals surface area contributed by atoms with Crippen molar-refractivity contribution in [2.45, 2.75) is 20.0 Å². The standard InChI is InChI=1S/C19H18ClN3O2/c1-13-16-8-3-4-9-17(16)19(25)23(21-13)12-18(24)22(2)11-14-6-5-7-15(20)10-14/h3-10H,11-12H2,1-2H3. The number of aromatic nitrogens is 2. The van der Waals surface area contributed by atoms with E-state index in [1.807, 2.05) is 37.3 Å². The third kappa shape index (κ3) is 3.72. The van der Waals surface area contributed by atoms with E-state index in [4.69, 9.17) is 11.6 Å². The molecule has 2 aromatic carbocycles. The van der Waals surface area contributed by atoms with Gasteiger partial charge in [-0.3, -0.25) is 9.59 Å². The van der Waals surface area contributed by atoms with Crippen LogP contribution in [0.25, 0.3) is 10.8 Å². The molecular weight excluding hydrogens is 338 g/mol. The number of carbonyl (C=O) groups excluding carboxylic acids is 1. The maximum absolute atomic E-state index is 12.6. The lowest BCUT2D eigenvalue weighted by Crippen LogP contribution is -2.35. The van der Waals surface area contributed by atoms with Gasteiger partial charge in [-0.25, -0.2) is 4.68 Å². The number of nitrogens with zero attached hydrogens (tertiary/aromatic N) is 3. The highest BCUT2D eigenvalue weighted by molar-refractivity contribution is 6.30. The Balaban J connectivity index is 1.82. The van der Waals surface area contributed by atoms with Gasteiger partial charge in [0, 0.05) is 24.0 Å². The first-order valence-corrected chi connectivity index (χ1v) is 8.28. The van der Waals surface area contributed by atoms with Crippen molar-refractivity contribution >= 4 is 28.3 Å². The molecule has 6 heteroatoms. The number of carbonyl (C=O) groups is 1. The highest BCUT2D eigenvalue weighted by atomic mass is 35.5. The number of benzene rings is 2. The number of amides is 1. The van der Waals surface area contributed by atoms with Crippen LogP contribution in [0.4, 0.5) is 0 Å². The van der Waals surface area contributed by atoms with Gasteiger partial charge in [0.05, 0.1) is 11.1 Å². The molecule has 0 aliphatic heterocycles. The zero-order valence-electron chi connectivity index (χ0n) is 14.1. The van der Waals surface area contributed by atoms with Crippen LogP contribution < -0.4 is 5.56 Å². The van der Waals surface area contributed by atoms with Crippen LogP contribution in [0.3, 0.4) is 0 Å². The van der Waals surface area contributed by atoms with Crippen LogP contribution in [0.5, 0.6) is 0 Å². The Hall–Kier alpha value is -2.66. The molecule has 0 aliphatic carbocycles. The summed E-state index contributed by atoms with van der Waals surface area (Å²) in [5.74, 6) is -0.191. The molecule has 0 saturated carbocycles. The van der Waals surface area contributed by atoms with Crippen molar-refractivity contribution in [2.24, 2.45) is 0 Å². The van der Waals surface area contributed by atoms with E-state index in [0.717, 1.165) is 16.6 Å². The second-order valence-electron chi connectivity index (χ2n) is 5.97. The minimum absolute atomic E-state index is 0.0957. The molecule has 0 aliphatic rings. The van der Waals surface area contributed by atoms with E-state index in [9.17, 15) is 9.59 Å². The SMILES string of the molecule is Cc1nn(CC(=O)N(C)Cc2cccc(Cl)c2)c(=O)c2ccccc12. The molecule has 1 heterocycles. The van der Waals surface area contributed by atoms with Crippen LogP contribution >= 0.6 is 11.6 Å². The van der Waals surface area contributed by atoms with Crippen molar-refractivity contribution in [1.82, 2.24) is 14.7 Å². The highest BCUT2D eigenvalue weighted by Gasteiger charge is 2.14. The number of hydrogen-bond donors (Lipinski definition) is 0. The number of hydrogen-bond acceptors (Lipinski definition) is 3.